The van der Waals surface area contributed by atoms with Crippen LogP contribution in [0.5, 0.6) is 11.5 Å². The minimum atomic E-state index is -4.07. The molecule has 3 aromatic carbocycles. The van der Waals surface area contributed by atoms with E-state index in [0.717, 1.165) is 12.1 Å². The number of carbonyl (C=O) groups excluding carboxylic acids is 2. The van der Waals surface area contributed by atoms with Gasteiger partial charge < -0.3 is 19.9 Å². The standard InChI is InChI=1S/C23H23N3O7S/c1-3-33-23(29)24-16-8-6-7-15(13-16)22(28)25-19-14-17(11-12-20(19)27)34(30,31)26-18-9-4-5-10-21(18)32-2/h4-14,26-27H,3H2,1-2H3,(H,24,29)(H,25,28). The molecule has 34 heavy (non-hydrogen) atoms. The summed E-state index contributed by atoms with van der Waals surface area (Å²) in [5.41, 5.74) is 0.605. The number of phenolic OH excluding ortho intramolecular Hbond substituents is 1. The minimum absolute atomic E-state index is 0.114. The number of ether oxygens (including phenoxy) is 2. The Morgan fingerprint density at radius 3 is 2.44 bits per heavy atom. The first-order valence-electron chi connectivity index (χ1n) is 10.1. The molecule has 3 rings (SSSR count). The van der Waals surface area contributed by atoms with Crippen LogP contribution in [0.25, 0.3) is 0 Å². The number of nitrogens with one attached hydrogen (secondary N) is 3. The van der Waals surface area contributed by atoms with Gasteiger partial charge in [-0.3, -0.25) is 14.8 Å². The molecule has 0 aliphatic rings. The number of sulfonamides is 1. The number of carbonyl (C=O) groups is 2. The van der Waals surface area contributed by atoms with Gasteiger partial charge in [0.1, 0.15) is 11.5 Å². The summed E-state index contributed by atoms with van der Waals surface area (Å²) in [4.78, 5) is 24.1. The Balaban J connectivity index is 1.81. The van der Waals surface area contributed by atoms with Crippen LogP contribution in [0.1, 0.15) is 17.3 Å². The van der Waals surface area contributed by atoms with Crippen LogP contribution in [0.2, 0.25) is 0 Å². The lowest BCUT2D eigenvalue weighted by Crippen LogP contribution is -2.16. The Morgan fingerprint density at radius 2 is 1.71 bits per heavy atom. The smallest absolute Gasteiger partial charge is 0.411 e. The molecular formula is C23H23N3O7S. The Hall–Kier alpha value is -4.25. The molecule has 0 atom stereocenters. The molecule has 2 amide bonds. The summed E-state index contributed by atoms with van der Waals surface area (Å²) in [6.45, 7) is 1.85. The van der Waals surface area contributed by atoms with E-state index in [1.165, 1.54) is 31.4 Å². The number of rotatable bonds is 8. The zero-order chi connectivity index (χ0) is 24.7. The van der Waals surface area contributed by atoms with Crippen molar-refractivity contribution >= 4 is 39.1 Å². The van der Waals surface area contributed by atoms with Gasteiger partial charge in [0, 0.05) is 11.3 Å². The number of hydrogen-bond acceptors (Lipinski definition) is 7. The number of aromatic hydroxyl groups is 1. The summed E-state index contributed by atoms with van der Waals surface area (Å²) in [7, 11) is -2.65. The summed E-state index contributed by atoms with van der Waals surface area (Å²) in [6.07, 6.45) is -0.668. The van der Waals surface area contributed by atoms with E-state index in [1.807, 2.05) is 0 Å². The summed E-state index contributed by atoms with van der Waals surface area (Å²) < 4.78 is 38.1. The van der Waals surface area contributed by atoms with Crippen LogP contribution < -0.4 is 20.1 Å². The quantitative estimate of drug-likeness (QED) is 0.353. The Kier molecular flexibility index (Phi) is 7.59. The van der Waals surface area contributed by atoms with Crippen LogP contribution in [0, 0.1) is 0 Å². The fourth-order valence-electron chi connectivity index (χ4n) is 2.93. The lowest BCUT2D eigenvalue weighted by molar-refractivity contribution is 0.102. The number of phenols is 1. The molecule has 0 aliphatic carbocycles. The van der Waals surface area contributed by atoms with Gasteiger partial charge in [0.05, 0.1) is 30.0 Å². The maximum Gasteiger partial charge on any atom is 0.411 e. The monoisotopic (exact) mass is 485 g/mol. The van der Waals surface area contributed by atoms with Gasteiger partial charge in [-0.2, -0.15) is 0 Å². The topological polar surface area (TPSA) is 143 Å². The van der Waals surface area contributed by atoms with Gasteiger partial charge in [0.25, 0.3) is 15.9 Å². The number of para-hydroxylation sites is 2. The molecule has 178 valence electrons. The van der Waals surface area contributed by atoms with Crippen molar-refractivity contribution in [2.45, 2.75) is 11.8 Å². The van der Waals surface area contributed by atoms with Crippen LogP contribution in [0.3, 0.4) is 0 Å². The molecular weight excluding hydrogens is 462 g/mol. The third-order valence-corrected chi connectivity index (χ3v) is 5.89. The molecule has 10 nitrogen and oxygen atoms in total. The highest BCUT2D eigenvalue weighted by atomic mass is 32.2. The Bertz CT molecular complexity index is 1310. The van der Waals surface area contributed by atoms with Gasteiger partial charge in [-0.05, 0) is 55.5 Å². The molecule has 11 heteroatoms. The third-order valence-electron chi connectivity index (χ3n) is 4.52. The third kappa shape index (κ3) is 5.95. The summed E-state index contributed by atoms with van der Waals surface area (Å²) >= 11 is 0. The van der Waals surface area contributed by atoms with Crippen molar-refractivity contribution in [1.82, 2.24) is 0 Å². The number of benzene rings is 3. The van der Waals surface area contributed by atoms with E-state index in [-0.39, 0.29) is 34.2 Å². The fourth-order valence-corrected chi connectivity index (χ4v) is 4.03. The highest BCUT2D eigenvalue weighted by Crippen LogP contribution is 2.30. The number of hydrogen-bond donors (Lipinski definition) is 4. The molecule has 0 unspecified atom stereocenters. The number of methoxy groups -OCH3 is 1. The SMILES string of the molecule is CCOC(=O)Nc1cccc(C(=O)Nc2cc(S(=O)(=O)Nc3ccccc3OC)ccc2O)c1. The highest BCUT2D eigenvalue weighted by molar-refractivity contribution is 7.92. The van der Waals surface area contributed by atoms with E-state index in [2.05, 4.69) is 15.4 Å². The zero-order valence-electron chi connectivity index (χ0n) is 18.4. The molecule has 4 N–H and O–H groups in total. The average Bonchev–Trinajstić information content (AvgIpc) is 2.80. The van der Waals surface area contributed by atoms with Gasteiger partial charge in [0.15, 0.2) is 0 Å². The lowest BCUT2D eigenvalue weighted by Gasteiger charge is -2.13. The first-order valence-corrected chi connectivity index (χ1v) is 11.6. The Labute approximate surface area is 196 Å². The van der Waals surface area contributed by atoms with Crippen molar-refractivity contribution in [3.05, 3.63) is 72.3 Å². The zero-order valence-corrected chi connectivity index (χ0v) is 19.2. The summed E-state index contributed by atoms with van der Waals surface area (Å²) in [5, 5.41) is 15.1. The molecule has 0 aromatic heterocycles. The second-order valence-corrected chi connectivity index (χ2v) is 8.55. The molecule has 0 heterocycles. The van der Waals surface area contributed by atoms with Crippen molar-refractivity contribution in [2.24, 2.45) is 0 Å². The van der Waals surface area contributed by atoms with Crippen LogP contribution in [-0.4, -0.2) is 39.2 Å². The van der Waals surface area contributed by atoms with Crippen LogP contribution in [-0.2, 0) is 14.8 Å². The van der Waals surface area contributed by atoms with E-state index in [9.17, 15) is 23.1 Å². The lowest BCUT2D eigenvalue weighted by atomic mass is 10.2. The predicted molar refractivity (Wildman–Crippen MR) is 127 cm³/mol. The van der Waals surface area contributed by atoms with Crippen LogP contribution in [0.15, 0.2) is 71.6 Å². The fraction of sp³-hybridized carbons (Fsp3) is 0.130. The normalized spacial score (nSPS) is 10.8. The molecule has 3 aromatic rings. The molecule has 0 fully saturated rings. The first kappa shape index (κ1) is 24.4. The maximum atomic E-state index is 12.9. The second kappa shape index (κ2) is 10.6. The largest absolute Gasteiger partial charge is 0.506 e. The van der Waals surface area contributed by atoms with E-state index in [4.69, 9.17) is 9.47 Å². The molecule has 0 radical (unpaired) electrons. The van der Waals surface area contributed by atoms with Crippen LogP contribution >= 0.6 is 0 Å². The average molecular weight is 486 g/mol. The minimum Gasteiger partial charge on any atom is -0.506 e. The van der Waals surface area contributed by atoms with Crippen molar-refractivity contribution < 1.29 is 32.6 Å². The van der Waals surface area contributed by atoms with E-state index < -0.39 is 22.0 Å². The summed E-state index contributed by atoms with van der Waals surface area (Å²) in [5.74, 6) is -0.630. The van der Waals surface area contributed by atoms with E-state index in [0.29, 0.717) is 11.4 Å². The molecule has 0 spiro atoms. The molecule has 0 saturated heterocycles. The summed E-state index contributed by atoms with van der Waals surface area (Å²) in [6, 6.07) is 16.0. The van der Waals surface area contributed by atoms with Gasteiger partial charge in [0.2, 0.25) is 0 Å². The first-order chi connectivity index (χ1) is 16.2. The van der Waals surface area contributed by atoms with Crippen molar-refractivity contribution in [3.8, 4) is 11.5 Å². The molecule has 0 saturated carbocycles. The van der Waals surface area contributed by atoms with Gasteiger partial charge in [-0.25, -0.2) is 13.2 Å². The highest BCUT2D eigenvalue weighted by Gasteiger charge is 2.19. The molecule has 0 bridgehead atoms. The predicted octanol–water partition coefficient (Wildman–Crippen LogP) is 4.02. The van der Waals surface area contributed by atoms with E-state index in [1.54, 1.807) is 37.3 Å². The van der Waals surface area contributed by atoms with E-state index >= 15 is 0 Å². The van der Waals surface area contributed by atoms with Crippen molar-refractivity contribution in [3.63, 3.8) is 0 Å². The maximum absolute atomic E-state index is 12.9. The van der Waals surface area contributed by atoms with Gasteiger partial charge >= 0.3 is 6.09 Å². The van der Waals surface area contributed by atoms with Crippen molar-refractivity contribution in [1.29, 1.82) is 0 Å². The van der Waals surface area contributed by atoms with Gasteiger partial charge in [-0.15, -0.1) is 0 Å². The number of amides is 2. The molecule has 0 aliphatic heterocycles. The second-order valence-electron chi connectivity index (χ2n) is 6.87. The Morgan fingerprint density at radius 1 is 0.941 bits per heavy atom. The van der Waals surface area contributed by atoms with Crippen molar-refractivity contribution in [2.75, 3.05) is 29.1 Å². The van der Waals surface area contributed by atoms with Gasteiger partial charge in [-0.1, -0.05) is 18.2 Å². The van der Waals surface area contributed by atoms with Crippen LogP contribution in [0.4, 0.5) is 21.9 Å². The number of anilines is 3.